The van der Waals surface area contributed by atoms with Gasteiger partial charge in [0.1, 0.15) is 0 Å². The molecular weight excluding hydrogens is 266 g/mol. The summed E-state index contributed by atoms with van der Waals surface area (Å²) in [5, 5.41) is 19.7. The molecule has 1 aromatic rings. The molecule has 0 aromatic heterocycles. The molecule has 1 heterocycles. The van der Waals surface area contributed by atoms with Crippen LogP contribution < -0.4 is 0 Å². The Morgan fingerprint density at radius 3 is 2.68 bits per heavy atom. The number of benzene rings is 1. The van der Waals surface area contributed by atoms with Crippen LogP contribution in [0.3, 0.4) is 0 Å². The van der Waals surface area contributed by atoms with E-state index in [0.717, 1.165) is 5.56 Å². The second kappa shape index (κ2) is 6.68. The Kier molecular flexibility index (Phi) is 5.19. The van der Waals surface area contributed by atoms with Crippen molar-refractivity contribution < 1.29 is 14.9 Å². The summed E-state index contributed by atoms with van der Waals surface area (Å²) in [6, 6.07) is 7.57. The number of hydrogen-bond acceptors (Lipinski definition) is 4. The number of β-amino-alcohol motifs (C(OH)–C–C–N with tert-alkyl or cyclic N) is 1. The average Bonchev–Trinajstić information content (AvgIpc) is 2.77. The summed E-state index contributed by atoms with van der Waals surface area (Å²) in [5.74, 6) is 0. The van der Waals surface area contributed by atoms with Gasteiger partial charge in [0.2, 0.25) is 0 Å². The standard InChI is InChI=1S/C14H20ClNO3/c1-19-14(10-2-4-11(15)5-3-10)8-16-7-13(18)6-12(16)9-17/h2-5,12-14,17-18H,6-9H2,1H3/t12-,13+,14-/m1/s1. The predicted molar refractivity (Wildman–Crippen MR) is 74.3 cm³/mol. The first-order valence-electron chi connectivity index (χ1n) is 6.45. The van der Waals surface area contributed by atoms with E-state index in [1.807, 2.05) is 24.3 Å². The van der Waals surface area contributed by atoms with Gasteiger partial charge in [-0.3, -0.25) is 4.90 Å². The lowest BCUT2D eigenvalue weighted by Gasteiger charge is -2.27. The quantitative estimate of drug-likeness (QED) is 0.860. The van der Waals surface area contributed by atoms with E-state index < -0.39 is 0 Å². The van der Waals surface area contributed by atoms with Gasteiger partial charge >= 0.3 is 0 Å². The van der Waals surface area contributed by atoms with Gasteiger partial charge in [-0.2, -0.15) is 0 Å². The molecule has 1 fully saturated rings. The fraction of sp³-hybridized carbons (Fsp3) is 0.571. The van der Waals surface area contributed by atoms with Crippen LogP contribution >= 0.6 is 11.6 Å². The number of aliphatic hydroxyl groups is 2. The fourth-order valence-electron chi connectivity index (χ4n) is 2.58. The summed E-state index contributed by atoms with van der Waals surface area (Å²) < 4.78 is 5.52. The number of aliphatic hydroxyl groups excluding tert-OH is 2. The van der Waals surface area contributed by atoms with Crippen LogP contribution in [0.25, 0.3) is 0 Å². The lowest BCUT2D eigenvalue weighted by molar-refractivity contribution is 0.0466. The van der Waals surface area contributed by atoms with E-state index in [2.05, 4.69) is 4.90 Å². The first-order valence-corrected chi connectivity index (χ1v) is 6.83. The third-order valence-corrected chi connectivity index (χ3v) is 3.90. The molecule has 106 valence electrons. The van der Waals surface area contributed by atoms with E-state index in [1.54, 1.807) is 7.11 Å². The summed E-state index contributed by atoms with van der Waals surface area (Å²) >= 11 is 5.88. The van der Waals surface area contributed by atoms with Gasteiger partial charge in [0.25, 0.3) is 0 Å². The van der Waals surface area contributed by atoms with Crippen molar-refractivity contribution in [3.63, 3.8) is 0 Å². The third-order valence-electron chi connectivity index (χ3n) is 3.64. The maximum absolute atomic E-state index is 9.68. The molecule has 3 atom stereocenters. The molecule has 19 heavy (non-hydrogen) atoms. The lowest BCUT2D eigenvalue weighted by Crippen LogP contribution is -2.36. The van der Waals surface area contributed by atoms with Crippen LogP contribution in [-0.4, -0.2) is 54.1 Å². The number of ether oxygens (including phenoxy) is 1. The van der Waals surface area contributed by atoms with E-state index in [9.17, 15) is 10.2 Å². The normalized spacial score (nSPS) is 25.7. The van der Waals surface area contributed by atoms with Crippen molar-refractivity contribution in [2.45, 2.75) is 24.7 Å². The zero-order chi connectivity index (χ0) is 13.8. The Morgan fingerprint density at radius 1 is 1.42 bits per heavy atom. The summed E-state index contributed by atoms with van der Waals surface area (Å²) in [4.78, 5) is 2.08. The molecule has 0 aliphatic carbocycles. The van der Waals surface area contributed by atoms with Crippen molar-refractivity contribution >= 4 is 11.6 Å². The highest BCUT2D eigenvalue weighted by Gasteiger charge is 2.32. The smallest absolute Gasteiger partial charge is 0.0948 e. The SMILES string of the molecule is CO[C@H](CN1C[C@@H](O)C[C@@H]1CO)c1ccc(Cl)cc1. The molecule has 1 aliphatic rings. The summed E-state index contributed by atoms with van der Waals surface area (Å²) in [6.07, 6.45) is 0.171. The molecule has 1 aliphatic heterocycles. The predicted octanol–water partition coefficient (Wildman–Crippen LogP) is 1.45. The summed E-state index contributed by atoms with van der Waals surface area (Å²) in [7, 11) is 1.67. The van der Waals surface area contributed by atoms with E-state index >= 15 is 0 Å². The van der Waals surface area contributed by atoms with Gasteiger partial charge in [-0.25, -0.2) is 0 Å². The molecule has 2 rings (SSSR count). The van der Waals surface area contributed by atoms with E-state index in [0.29, 0.717) is 24.5 Å². The molecule has 0 bridgehead atoms. The first-order chi connectivity index (χ1) is 9.13. The Labute approximate surface area is 118 Å². The average molecular weight is 286 g/mol. The second-order valence-electron chi connectivity index (χ2n) is 4.96. The first kappa shape index (κ1) is 14.8. The minimum Gasteiger partial charge on any atom is -0.395 e. The topological polar surface area (TPSA) is 52.9 Å². The van der Waals surface area contributed by atoms with Crippen molar-refractivity contribution in [1.29, 1.82) is 0 Å². The molecule has 0 saturated carbocycles. The Morgan fingerprint density at radius 2 is 2.11 bits per heavy atom. The number of methoxy groups -OCH3 is 1. The number of halogens is 1. The van der Waals surface area contributed by atoms with E-state index in [1.165, 1.54) is 0 Å². The van der Waals surface area contributed by atoms with Crippen LogP contribution in [0.4, 0.5) is 0 Å². The van der Waals surface area contributed by atoms with Crippen LogP contribution in [0.1, 0.15) is 18.1 Å². The molecular formula is C14H20ClNO3. The molecule has 5 heteroatoms. The van der Waals surface area contributed by atoms with Gasteiger partial charge in [-0.1, -0.05) is 23.7 Å². The highest BCUT2D eigenvalue weighted by Crippen LogP contribution is 2.25. The van der Waals surface area contributed by atoms with Crippen molar-refractivity contribution in [1.82, 2.24) is 4.90 Å². The maximum atomic E-state index is 9.68. The van der Waals surface area contributed by atoms with Crippen molar-refractivity contribution in [3.8, 4) is 0 Å². The lowest BCUT2D eigenvalue weighted by atomic mass is 10.1. The van der Waals surface area contributed by atoms with Crippen molar-refractivity contribution in [3.05, 3.63) is 34.9 Å². The van der Waals surface area contributed by atoms with Gasteiger partial charge in [0.15, 0.2) is 0 Å². The summed E-state index contributed by atoms with van der Waals surface area (Å²) in [5.41, 5.74) is 1.05. The minimum atomic E-state index is -0.361. The van der Waals surface area contributed by atoms with Gasteiger partial charge in [0, 0.05) is 31.3 Å². The number of hydrogen-bond donors (Lipinski definition) is 2. The molecule has 0 amide bonds. The number of likely N-dealkylation sites (tertiary alicyclic amines) is 1. The highest BCUT2D eigenvalue weighted by atomic mass is 35.5. The minimum absolute atomic E-state index is 0.0138. The van der Waals surface area contributed by atoms with E-state index in [4.69, 9.17) is 16.3 Å². The van der Waals surface area contributed by atoms with Crippen LogP contribution in [-0.2, 0) is 4.74 Å². The molecule has 0 unspecified atom stereocenters. The molecule has 4 nitrogen and oxygen atoms in total. The summed E-state index contributed by atoms with van der Waals surface area (Å²) in [6.45, 7) is 1.30. The Hall–Kier alpha value is -0.650. The van der Waals surface area contributed by atoms with Crippen LogP contribution in [0.5, 0.6) is 0 Å². The van der Waals surface area contributed by atoms with E-state index in [-0.39, 0.29) is 24.9 Å². The van der Waals surface area contributed by atoms with Gasteiger partial charge in [0.05, 0.1) is 18.8 Å². The zero-order valence-corrected chi connectivity index (χ0v) is 11.8. The zero-order valence-electron chi connectivity index (χ0n) is 11.0. The second-order valence-corrected chi connectivity index (χ2v) is 5.39. The van der Waals surface area contributed by atoms with Crippen LogP contribution in [0, 0.1) is 0 Å². The van der Waals surface area contributed by atoms with Crippen LogP contribution in [0.2, 0.25) is 5.02 Å². The van der Waals surface area contributed by atoms with Gasteiger partial charge < -0.3 is 14.9 Å². The number of nitrogens with zero attached hydrogens (tertiary/aromatic N) is 1. The van der Waals surface area contributed by atoms with Crippen molar-refractivity contribution in [2.24, 2.45) is 0 Å². The fourth-order valence-corrected chi connectivity index (χ4v) is 2.70. The van der Waals surface area contributed by atoms with Crippen molar-refractivity contribution in [2.75, 3.05) is 26.8 Å². The molecule has 1 saturated heterocycles. The largest absolute Gasteiger partial charge is 0.395 e. The molecule has 1 aromatic carbocycles. The van der Waals surface area contributed by atoms with Gasteiger partial charge in [-0.05, 0) is 24.1 Å². The molecule has 0 spiro atoms. The molecule has 0 radical (unpaired) electrons. The monoisotopic (exact) mass is 285 g/mol. The highest BCUT2D eigenvalue weighted by molar-refractivity contribution is 6.30. The molecule has 2 N–H and O–H groups in total. The van der Waals surface area contributed by atoms with Crippen LogP contribution in [0.15, 0.2) is 24.3 Å². The third kappa shape index (κ3) is 3.68. The Bertz CT molecular complexity index is 398. The maximum Gasteiger partial charge on any atom is 0.0948 e. The number of rotatable bonds is 5. The van der Waals surface area contributed by atoms with Gasteiger partial charge in [-0.15, -0.1) is 0 Å². The Balaban J connectivity index is 2.04.